The van der Waals surface area contributed by atoms with Gasteiger partial charge in [-0.2, -0.15) is 5.10 Å². The Bertz CT molecular complexity index is 1350. The van der Waals surface area contributed by atoms with Gasteiger partial charge in [-0.1, -0.05) is 88.2 Å². The molecule has 0 N–H and O–H groups in total. The third-order valence-electron chi connectivity index (χ3n) is 5.43. The van der Waals surface area contributed by atoms with E-state index in [1.165, 1.54) is 7.11 Å². The number of carbonyl (C=O) groups excluding carboxylic acids is 1. The van der Waals surface area contributed by atoms with Crippen LogP contribution in [0.4, 0.5) is 0 Å². The van der Waals surface area contributed by atoms with E-state index in [9.17, 15) is 4.79 Å². The lowest BCUT2D eigenvalue weighted by Gasteiger charge is -2.31. The van der Waals surface area contributed by atoms with Gasteiger partial charge in [0.25, 0.3) is 0 Å². The molecule has 5 nitrogen and oxygen atoms in total. The molecule has 0 atom stereocenters. The Morgan fingerprint density at radius 3 is 2.43 bits per heavy atom. The molecule has 0 radical (unpaired) electrons. The average Bonchev–Trinajstić information content (AvgIpc) is 2.91. The van der Waals surface area contributed by atoms with Gasteiger partial charge in [-0.25, -0.2) is 4.79 Å². The normalized spacial score (nSPS) is 12.6. The molecule has 3 aromatic carbocycles. The van der Waals surface area contributed by atoms with E-state index in [1.807, 2.05) is 79.7 Å². The minimum absolute atomic E-state index is 0.273. The number of ether oxygens (including phenoxy) is 2. The second kappa shape index (κ2) is 13.7. The van der Waals surface area contributed by atoms with Crippen LogP contribution in [0.1, 0.15) is 30.5 Å². The first kappa shape index (κ1) is 28.0. The number of hydrogen-bond acceptors (Lipinski definition) is 5. The molecule has 0 aliphatic carbocycles. The summed E-state index contributed by atoms with van der Waals surface area (Å²) in [5, 5.41) is 7.59. The Labute approximate surface area is 231 Å². The number of alkyl halides is 1. The number of benzene rings is 3. The zero-order chi connectivity index (χ0) is 26.8. The van der Waals surface area contributed by atoms with E-state index in [-0.39, 0.29) is 5.70 Å². The minimum Gasteiger partial charge on any atom is -0.486 e. The van der Waals surface area contributed by atoms with E-state index in [4.69, 9.17) is 26.2 Å². The maximum absolute atomic E-state index is 13.0. The van der Waals surface area contributed by atoms with E-state index in [0.29, 0.717) is 29.3 Å². The lowest BCUT2D eigenvalue weighted by molar-refractivity contribution is -0.138. The van der Waals surface area contributed by atoms with Crippen molar-refractivity contribution in [2.24, 2.45) is 5.10 Å². The van der Waals surface area contributed by atoms with Crippen molar-refractivity contribution in [3.63, 3.8) is 0 Å². The van der Waals surface area contributed by atoms with Crippen LogP contribution in [-0.2, 0) is 27.4 Å². The van der Waals surface area contributed by atoms with E-state index >= 15 is 0 Å². The highest BCUT2D eigenvalue weighted by Crippen LogP contribution is 2.39. The number of carbonyl (C=O) groups is 1. The molecule has 0 unspecified atom stereocenters. The lowest BCUT2D eigenvalue weighted by atomic mass is 9.91. The summed E-state index contributed by atoms with van der Waals surface area (Å²) < 4.78 is 11.5. The summed E-state index contributed by atoms with van der Waals surface area (Å²) in [6.07, 6.45) is 4.60. The fourth-order valence-electron chi connectivity index (χ4n) is 3.86. The third-order valence-corrected chi connectivity index (χ3v) is 6.47. The van der Waals surface area contributed by atoms with Crippen LogP contribution in [0, 0.1) is 12.3 Å². The highest BCUT2D eigenvalue weighted by Gasteiger charge is 2.33. The second-order valence-corrected chi connectivity index (χ2v) is 9.10. The molecule has 0 fully saturated rings. The Hall–Kier alpha value is -3.53. The van der Waals surface area contributed by atoms with Crippen molar-refractivity contribution in [1.29, 1.82) is 0 Å². The summed E-state index contributed by atoms with van der Waals surface area (Å²) >= 11 is 9.74. The average molecular weight is 580 g/mol. The van der Waals surface area contributed by atoms with Gasteiger partial charge in [-0.15, -0.1) is 12.3 Å². The van der Waals surface area contributed by atoms with E-state index in [0.717, 1.165) is 33.5 Å². The van der Waals surface area contributed by atoms with Crippen LogP contribution >= 0.6 is 27.5 Å². The van der Waals surface area contributed by atoms with Gasteiger partial charge in [0, 0.05) is 21.6 Å². The molecular weight excluding hydrogens is 552 g/mol. The van der Waals surface area contributed by atoms with E-state index in [1.54, 1.807) is 11.9 Å². The number of esters is 1. The summed E-state index contributed by atoms with van der Waals surface area (Å²) in [7, 11) is 1.36. The van der Waals surface area contributed by atoms with Gasteiger partial charge >= 0.3 is 5.97 Å². The fraction of sp³-hybridized carbons (Fsp3) is 0.200. The first-order valence-electron chi connectivity index (χ1n) is 11.6. The van der Waals surface area contributed by atoms with Crippen molar-refractivity contribution < 1.29 is 14.3 Å². The van der Waals surface area contributed by atoms with Crippen molar-refractivity contribution in [2.45, 2.75) is 27.0 Å². The summed E-state index contributed by atoms with van der Waals surface area (Å²) in [4.78, 5) is 13.0. The number of hydrogen-bond donors (Lipinski definition) is 0. The van der Waals surface area contributed by atoms with Gasteiger partial charge in [0.2, 0.25) is 0 Å². The molecule has 0 bridgehead atoms. The Morgan fingerprint density at radius 1 is 1.11 bits per heavy atom. The highest BCUT2D eigenvalue weighted by atomic mass is 79.9. The molecular formula is C30H28BrClN2O3. The molecule has 190 valence electrons. The van der Waals surface area contributed by atoms with Gasteiger partial charge in [0.15, 0.2) is 11.5 Å². The molecule has 0 saturated heterocycles. The number of nitrogens with zero attached hydrogens (tertiary/aromatic N) is 2. The topological polar surface area (TPSA) is 51.1 Å². The minimum atomic E-state index is -0.506. The smallest absolute Gasteiger partial charge is 0.360 e. The van der Waals surface area contributed by atoms with E-state index in [2.05, 4.69) is 28.3 Å². The molecule has 1 aliphatic heterocycles. The predicted molar refractivity (Wildman–Crippen MR) is 154 cm³/mol. The quantitative estimate of drug-likeness (QED) is 0.128. The van der Waals surface area contributed by atoms with Crippen LogP contribution in [0.25, 0.3) is 16.9 Å². The maximum Gasteiger partial charge on any atom is 0.360 e. The summed E-state index contributed by atoms with van der Waals surface area (Å²) in [6, 6.07) is 23.5. The van der Waals surface area contributed by atoms with Crippen LogP contribution in [0.5, 0.6) is 0 Å². The van der Waals surface area contributed by atoms with Crippen molar-refractivity contribution in [2.75, 3.05) is 12.4 Å². The van der Waals surface area contributed by atoms with Crippen molar-refractivity contribution >= 4 is 45.0 Å². The largest absolute Gasteiger partial charge is 0.486 e. The zero-order valence-electron chi connectivity index (χ0n) is 21.0. The van der Waals surface area contributed by atoms with Gasteiger partial charge in [0.1, 0.15) is 6.61 Å². The molecule has 4 rings (SSSR count). The number of hydrazone groups is 1. The lowest BCUT2D eigenvalue weighted by Crippen LogP contribution is -2.31. The summed E-state index contributed by atoms with van der Waals surface area (Å²) in [5.74, 6) is 2.18. The van der Waals surface area contributed by atoms with E-state index < -0.39 is 5.97 Å². The third kappa shape index (κ3) is 7.03. The number of methoxy groups -OCH3 is 1. The molecule has 0 spiro atoms. The standard InChI is InChI=1S/C27H24BrClN2O3.C3H4/c1-18(15-28)30-31-16-24-22(20-10-6-11-21(29)14-20)12-7-13-23(24)26(25(31)27(32)33-2)34-17-19-8-4-3-5-9-19;1-3-2/h3-14H,15-17H2,1-2H3;1H,2H3/b30-18+;. The Balaban J connectivity index is 0.00000121. The first-order valence-corrected chi connectivity index (χ1v) is 13.1. The molecule has 37 heavy (non-hydrogen) atoms. The van der Waals surface area contributed by atoms with Gasteiger partial charge in [0.05, 0.1) is 13.7 Å². The van der Waals surface area contributed by atoms with Crippen LogP contribution in [-0.4, -0.2) is 29.1 Å². The van der Waals surface area contributed by atoms with Gasteiger partial charge < -0.3 is 9.47 Å². The Morgan fingerprint density at radius 2 is 1.78 bits per heavy atom. The zero-order valence-corrected chi connectivity index (χ0v) is 23.3. The number of terminal acetylenes is 1. The summed E-state index contributed by atoms with van der Waals surface area (Å²) in [6.45, 7) is 4.23. The molecule has 3 aromatic rings. The van der Waals surface area contributed by atoms with Crippen LogP contribution in [0.2, 0.25) is 5.02 Å². The number of rotatable bonds is 7. The first-order chi connectivity index (χ1) is 17.9. The maximum atomic E-state index is 13.0. The molecule has 0 saturated carbocycles. The number of fused-ring (bicyclic) bond motifs is 1. The molecule has 1 aliphatic rings. The van der Waals surface area contributed by atoms with Crippen LogP contribution in [0.15, 0.2) is 83.6 Å². The van der Waals surface area contributed by atoms with Crippen LogP contribution in [0.3, 0.4) is 0 Å². The molecule has 7 heteroatoms. The molecule has 0 amide bonds. The Kier molecular flexibility index (Phi) is 10.4. The molecule has 0 aromatic heterocycles. The number of halogens is 2. The van der Waals surface area contributed by atoms with Crippen LogP contribution < -0.4 is 0 Å². The summed E-state index contributed by atoms with van der Waals surface area (Å²) in [5.41, 5.74) is 5.88. The molecule has 1 heterocycles. The highest BCUT2D eigenvalue weighted by molar-refractivity contribution is 9.09. The predicted octanol–water partition coefficient (Wildman–Crippen LogP) is 7.29. The fourth-order valence-corrected chi connectivity index (χ4v) is 4.16. The monoisotopic (exact) mass is 578 g/mol. The van der Waals surface area contributed by atoms with Gasteiger partial charge in [-0.05, 0) is 48.2 Å². The van der Waals surface area contributed by atoms with Crippen molar-refractivity contribution in [3.8, 4) is 23.5 Å². The SMILES string of the molecule is C#CC.COC(=O)C1=C(OCc2ccccc2)c2cccc(-c3cccc(Cl)c3)c2CN1/N=C(\C)CBr. The van der Waals surface area contributed by atoms with Gasteiger partial charge in [-0.3, -0.25) is 5.01 Å². The second-order valence-electron chi connectivity index (χ2n) is 8.10. The van der Waals surface area contributed by atoms with Crippen molar-refractivity contribution in [1.82, 2.24) is 5.01 Å². The van der Waals surface area contributed by atoms with Crippen molar-refractivity contribution in [3.05, 3.63) is 100 Å².